The van der Waals surface area contributed by atoms with Gasteiger partial charge in [0.15, 0.2) is 5.13 Å². The number of ether oxygens (including phenoxy) is 1. The van der Waals surface area contributed by atoms with E-state index in [1.807, 2.05) is 0 Å². The van der Waals surface area contributed by atoms with E-state index in [9.17, 15) is 14.4 Å². The summed E-state index contributed by atoms with van der Waals surface area (Å²) in [5.74, 6) is -0.901. The molecule has 0 aliphatic heterocycles. The summed E-state index contributed by atoms with van der Waals surface area (Å²) in [6.45, 7) is 3.58. The van der Waals surface area contributed by atoms with Crippen LogP contribution in [0.1, 0.15) is 47.2 Å². The van der Waals surface area contributed by atoms with Crippen LogP contribution in [0.25, 0.3) is 0 Å². The van der Waals surface area contributed by atoms with Crippen LogP contribution in [0.5, 0.6) is 0 Å². The van der Waals surface area contributed by atoms with Gasteiger partial charge in [-0.2, -0.15) is 5.10 Å². The lowest BCUT2D eigenvalue weighted by molar-refractivity contribution is -0.119. The molecular formula is C16H18N4O4S. The van der Waals surface area contributed by atoms with Crippen LogP contribution in [0.2, 0.25) is 0 Å². The quantitative estimate of drug-likeness (QED) is 0.810. The van der Waals surface area contributed by atoms with Crippen LogP contribution < -0.4 is 10.9 Å². The van der Waals surface area contributed by atoms with E-state index in [2.05, 4.69) is 15.4 Å². The molecule has 25 heavy (non-hydrogen) atoms. The molecule has 0 saturated carbocycles. The molecule has 0 spiro atoms. The molecule has 2 heterocycles. The smallest absolute Gasteiger partial charge is 0.350 e. The van der Waals surface area contributed by atoms with Gasteiger partial charge in [0.1, 0.15) is 10.9 Å². The number of thiazole rings is 1. The maximum absolute atomic E-state index is 12.4. The van der Waals surface area contributed by atoms with Crippen molar-refractivity contribution in [2.24, 2.45) is 0 Å². The molecule has 0 aromatic carbocycles. The number of nitrogens with one attached hydrogen (secondary N) is 1. The summed E-state index contributed by atoms with van der Waals surface area (Å²) in [6, 6.07) is 0.773. The first-order chi connectivity index (χ1) is 12.0. The number of carbonyl (C=O) groups is 2. The van der Waals surface area contributed by atoms with Crippen molar-refractivity contribution < 1.29 is 14.3 Å². The highest BCUT2D eigenvalue weighted by molar-refractivity contribution is 7.17. The number of aromatic nitrogens is 3. The van der Waals surface area contributed by atoms with E-state index in [0.29, 0.717) is 4.88 Å². The van der Waals surface area contributed by atoms with Crippen LogP contribution in [-0.2, 0) is 22.4 Å². The van der Waals surface area contributed by atoms with Gasteiger partial charge in [-0.25, -0.2) is 14.5 Å². The standard InChI is InChI=1S/C16H18N4O4S/c1-3-24-15(23)12-8-17-16(25-12)18-14(22)9(2)20-13(21)7-10-5-4-6-11(10)19-20/h7-9H,3-6H2,1-2H3,(H,17,18,22). The Hall–Kier alpha value is -2.55. The average Bonchev–Trinajstić information content (AvgIpc) is 3.22. The molecule has 1 unspecified atom stereocenters. The first-order valence-corrected chi connectivity index (χ1v) is 8.86. The van der Waals surface area contributed by atoms with E-state index in [0.717, 1.165) is 41.9 Å². The monoisotopic (exact) mass is 362 g/mol. The zero-order valence-electron chi connectivity index (χ0n) is 13.9. The van der Waals surface area contributed by atoms with E-state index in [-0.39, 0.29) is 17.3 Å². The fraction of sp³-hybridized carbons (Fsp3) is 0.438. The molecular weight excluding hydrogens is 344 g/mol. The van der Waals surface area contributed by atoms with Crippen LogP contribution in [0.15, 0.2) is 17.1 Å². The maximum Gasteiger partial charge on any atom is 0.350 e. The number of hydrogen-bond donors (Lipinski definition) is 1. The first-order valence-electron chi connectivity index (χ1n) is 8.05. The molecule has 0 saturated heterocycles. The number of rotatable bonds is 5. The SMILES string of the molecule is CCOC(=O)c1cnc(NC(=O)C(C)n2nc3c(cc2=O)CCC3)s1. The van der Waals surface area contributed by atoms with Crippen LogP contribution >= 0.6 is 11.3 Å². The third kappa shape index (κ3) is 3.60. The number of aryl methyl sites for hydroxylation is 2. The second-order valence-corrected chi connectivity index (χ2v) is 6.70. The zero-order valence-corrected chi connectivity index (χ0v) is 14.8. The molecule has 0 fully saturated rings. The van der Waals surface area contributed by atoms with Gasteiger partial charge in [-0.3, -0.25) is 9.59 Å². The Balaban J connectivity index is 1.73. The predicted molar refractivity (Wildman–Crippen MR) is 91.9 cm³/mol. The normalized spacial score (nSPS) is 14.0. The van der Waals surface area contributed by atoms with Crippen LogP contribution in [-0.4, -0.2) is 33.2 Å². The Kier molecular flexibility index (Phi) is 4.93. The molecule has 8 nitrogen and oxygen atoms in total. The van der Waals surface area contributed by atoms with Crippen molar-refractivity contribution in [3.8, 4) is 0 Å². The summed E-state index contributed by atoms with van der Waals surface area (Å²) in [4.78, 5) is 40.5. The molecule has 2 aromatic rings. The number of nitrogens with zero attached hydrogens (tertiary/aromatic N) is 3. The Morgan fingerprint density at radius 2 is 2.24 bits per heavy atom. The molecule has 1 aliphatic carbocycles. The van der Waals surface area contributed by atoms with Crippen molar-refractivity contribution >= 4 is 28.3 Å². The summed E-state index contributed by atoms with van der Waals surface area (Å²) < 4.78 is 6.08. The number of fused-ring (bicyclic) bond motifs is 1. The number of hydrogen-bond acceptors (Lipinski definition) is 7. The zero-order chi connectivity index (χ0) is 18.0. The lowest BCUT2D eigenvalue weighted by Crippen LogP contribution is -2.33. The molecule has 1 amide bonds. The minimum atomic E-state index is -0.784. The van der Waals surface area contributed by atoms with Gasteiger partial charge in [-0.1, -0.05) is 11.3 Å². The Morgan fingerprint density at radius 1 is 1.44 bits per heavy atom. The highest BCUT2D eigenvalue weighted by Crippen LogP contribution is 2.21. The minimum absolute atomic E-state index is 0.266. The van der Waals surface area contributed by atoms with Crippen molar-refractivity contribution in [2.45, 2.75) is 39.2 Å². The van der Waals surface area contributed by atoms with Gasteiger partial charge >= 0.3 is 5.97 Å². The Labute approximate surface area is 147 Å². The molecule has 1 N–H and O–H groups in total. The van der Waals surface area contributed by atoms with Crippen molar-refractivity contribution in [2.75, 3.05) is 11.9 Å². The number of carbonyl (C=O) groups excluding carboxylic acids is 2. The molecule has 1 aliphatic rings. The molecule has 0 bridgehead atoms. The van der Waals surface area contributed by atoms with Crippen LogP contribution in [0, 0.1) is 0 Å². The lowest BCUT2D eigenvalue weighted by atomic mass is 10.2. The van der Waals surface area contributed by atoms with Gasteiger partial charge in [-0.15, -0.1) is 0 Å². The fourth-order valence-electron chi connectivity index (χ4n) is 2.64. The maximum atomic E-state index is 12.4. The molecule has 3 rings (SSSR count). The van der Waals surface area contributed by atoms with Gasteiger partial charge < -0.3 is 10.1 Å². The van der Waals surface area contributed by atoms with Crippen molar-refractivity contribution in [3.63, 3.8) is 0 Å². The fourth-order valence-corrected chi connectivity index (χ4v) is 3.36. The van der Waals surface area contributed by atoms with Gasteiger partial charge in [-0.05, 0) is 38.7 Å². The summed E-state index contributed by atoms with van der Waals surface area (Å²) in [7, 11) is 0. The van der Waals surface area contributed by atoms with E-state index in [1.165, 1.54) is 10.9 Å². The minimum Gasteiger partial charge on any atom is -0.462 e. The third-order valence-corrected chi connectivity index (χ3v) is 4.83. The number of amides is 1. The summed E-state index contributed by atoms with van der Waals surface area (Å²) in [6.07, 6.45) is 4.00. The van der Waals surface area contributed by atoms with E-state index < -0.39 is 17.9 Å². The molecule has 1 atom stereocenters. The molecule has 2 aromatic heterocycles. The van der Waals surface area contributed by atoms with Crippen molar-refractivity contribution in [1.82, 2.24) is 14.8 Å². The highest BCUT2D eigenvalue weighted by Gasteiger charge is 2.22. The number of esters is 1. The van der Waals surface area contributed by atoms with Gasteiger partial charge in [0, 0.05) is 6.07 Å². The Morgan fingerprint density at radius 3 is 3.00 bits per heavy atom. The predicted octanol–water partition coefficient (Wildman–Crippen LogP) is 1.56. The number of anilines is 1. The van der Waals surface area contributed by atoms with Gasteiger partial charge in [0.25, 0.3) is 11.5 Å². The van der Waals surface area contributed by atoms with Crippen LogP contribution in [0.4, 0.5) is 5.13 Å². The largest absolute Gasteiger partial charge is 0.462 e. The highest BCUT2D eigenvalue weighted by atomic mass is 32.1. The van der Waals surface area contributed by atoms with E-state index in [4.69, 9.17) is 4.74 Å². The van der Waals surface area contributed by atoms with Crippen LogP contribution in [0.3, 0.4) is 0 Å². The molecule has 9 heteroatoms. The average molecular weight is 362 g/mol. The summed E-state index contributed by atoms with van der Waals surface area (Å²) in [5, 5.41) is 7.21. The second kappa shape index (κ2) is 7.14. The summed E-state index contributed by atoms with van der Waals surface area (Å²) in [5.41, 5.74) is 1.54. The topological polar surface area (TPSA) is 103 Å². The van der Waals surface area contributed by atoms with Crippen molar-refractivity contribution in [1.29, 1.82) is 0 Å². The molecule has 132 valence electrons. The second-order valence-electron chi connectivity index (χ2n) is 5.67. The van der Waals surface area contributed by atoms with Gasteiger partial charge in [0.05, 0.1) is 18.5 Å². The summed E-state index contributed by atoms with van der Waals surface area (Å²) >= 11 is 1.02. The first kappa shape index (κ1) is 17.3. The Bertz CT molecular complexity index is 873. The van der Waals surface area contributed by atoms with E-state index in [1.54, 1.807) is 19.9 Å². The van der Waals surface area contributed by atoms with E-state index >= 15 is 0 Å². The van der Waals surface area contributed by atoms with Gasteiger partial charge in [0.2, 0.25) is 0 Å². The van der Waals surface area contributed by atoms with Crippen molar-refractivity contribution in [3.05, 3.63) is 38.8 Å². The molecule has 0 radical (unpaired) electrons. The lowest BCUT2D eigenvalue weighted by Gasteiger charge is -2.14. The third-order valence-electron chi connectivity index (χ3n) is 3.94.